The van der Waals surface area contributed by atoms with Crippen LogP contribution in [0, 0.1) is 0 Å². The molecule has 4 heteroatoms. The average molecular weight is 294 g/mol. The molecule has 0 unspecified atom stereocenters. The summed E-state index contributed by atoms with van der Waals surface area (Å²) >= 11 is 0. The van der Waals surface area contributed by atoms with Crippen LogP contribution in [0.5, 0.6) is 11.5 Å². The van der Waals surface area contributed by atoms with Gasteiger partial charge in [0.05, 0.1) is 7.11 Å². The Morgan fingerprint density at radius 1 is 1.10 bits per heavy atom. The van der Waals surface area contributed by atoms with Gasteiger partial charge in [-0.1, -0.05) is 26.8 Å². The molecule has 0 bridgehead atoms. The largest absolute Gasteiger partial charge is 0.493 e. The third kappa shape index (κ3) is 6.36. The molecule has 1 aromatic carbocycles. The quantitative estimate of drug-likeness (QED) is 0.636. The van der Waals surface area contributed by atoms with Crippen LogP contribution in [0.25, 0.3) is 0 Å². The van der Waals surface area contributed by atoms with E-state index in [0.717, 1.165) is 50.6 Å². The first-order chi connectivity index (χ1) is 10.2. The van der Waals surface area contributed by atoms with Gasteiger partial charge >= 0.3 is 0 Å². The highest BCUT2D eigenvalue weighted by Crippen LogP contribution is 2.28. The topological polar surface area (TPSA) is 33.7 Å². The van der Waals surface area contributed by atoms with Gasteiger partial charge in [0.15, 0.2) is 11.5 Å². The Morgan fingerprint density at radius 3 is 2.48 bits per heavy atom. The lowest BCUT2D eigenvalue weighted by molar-refractivity contribution is 0.217. The van der Waals surface area contributed by atoms with Crippen molar-refractivity contribution >= 4 is 0 Å². The second-order valence-electron chi connectivity index (χ2n) is 5.04. The minimum atomic E-state index is 0.686. The number of ether oxygens (including phenoxy) is 2. The van der Waals surface area contributed by atoms with E-state index in [4.69, 9.17) is 9.47 Å². The fourth-order valence-electron chi connectivity index (χ4n) is 2.18. The number of methoxy groups -OCH3 is 1. The first-order valence-corrected chi connectivity index (χ1v) is 7.97. The zero-order valence-corrected chi connectivity index (χ0v) is 13.9. The second-order valence-corrected chi connectivity index (χ2v) is 5.04. The van der Waals surface area contributed by atoms with E-state index in [1.165, 1.54) is 5.56 Å². The predicted octanol–water partition coefficient (Wildman–Crippen LogP) is 2.92. The first kappa shape index (κ1) is 17.8. The SMILES string of the molecule is CCCNCc1ccc(OCCN(CC)CC)c(OC)c1. The molecule has 1 N–H and O–H groups in total. The van der Waals surface area contributed by atoms with Crippen molar-refractivity contribution in [2.24, 2.45) is 0 Å². The smallest absolute Gasteiger partial charge is 0.161 e. The van der Waals surface area contributed by atoms with Crippen LogP contribution in [0.2, 0.25) is 0 Å². The van der Waals surface area contributed by atoms with Gasteiger partial charge in [-0.2, -0.15) is 0 Å². The third-order valence-electron chi connectivity index (χ3n) is 3.54. The molecule has 0 heterocycles. The van der Waals surface area contributed by atoms with Crippen molar-refractivity contribution in [3.05, 3.63) is 23.8 Å². The van der Waals surface area contributed by atoms with Crippen LogP contribution in [0.4, 0.5) is 0 Å². The molecule has 0 atom stereocenters. The lowest BCUT2D eigenvalue weighted by Crippen LogP contribution is -2.27. The number of rotatable bonds is 11. The van der Waals surface area contributed by atoms with E-state index in [0.29, 0.717) is 6.61 Å². The van der Waals surface area contributed by atoms with Gasteiger partial charge in [0.2, 0.25) is 0 Å². The van der Waals surface area contributed by atoms with Crippen molar-refractivity contribution in [1.29, 1.82) is 0 Å². The van der Waals surface area contributed by atoms with E-state index in [9.17, 15) is 0 Å². The maximum Gasteiger partial charge on any atom is 0.161 e. The Kier molecular flexibility index (Phi) is 8.87. The monoisotopic (exact) mass is 294 g/mol. The molecule has 120 valence electrons. The van der Waals surface area contributed by atoms with E-state index < -0.39 is 0 Å². The van der Waals surface area contributed by atoms with Crippen molar-refractivity contribution in [2.45, 2.75) is 33.7 Å². The highest BCUT2D eigenvalue weighted by Gasteiger charge is 2.07. The zero-order valence-electron chi connectivity index (χ0n) is 13.9. The molecule has 4 nitrogen and oxygen atoms in total. The minimum Gasteiger partial charge on any atom is -0.493 e. The number of nitrogens with one attached hydrogen (secondary N) is 1. The Bertz CT molecular complexity index is 392. The average Bonchev–Trinajstić information content (AvgIpc) is 2.52. The van der Waals surface area contributed by atoms with Gasteiger partial charge in [-0.25, -0.2) is 0 Å². The summed E-state index contributed by atoms with van der Waals surface area (Å²) < 4.78 is 11.3. The lowest BCUT2D eigenvalue weighted by atomic mass is 10.2. The molecule has 1 aromatic rings. The molecular formula is C17H30N2O2. The minimum absolute atomic E-state index is 0.686. The molecule has 0 saturated heterocycles. The van der Waals surface area contributed by atoms with Crippen molar-refractivity contribution < 1.29 is 9.47 Å². The second kappa shape index (κ2) is 10.5. The number of benzene rings is 1. The molecule has 0 aliphatic carbocycles. The van der Waals surface area contributed by atoms with Crippen molar-refractivity contribution in [2.75, 3.05) is 39.9 Å². The summed E-state index contributed by atoms with van der Waals surface area (Å²) in [6.45, 7) is 12.1. The molecule has 0 saturated carbocycles. The van der Waals surface area contributed by atoms with Crippen molar-refractivity contribution in [3.63, 3.8) is 0 Å². The van der Waals surface area contributed by atoms with Crippen LogP contribution < -0.4 is 14.8 Å². The van der Waals surface area contributed by atoms with Crippen LogP contribution >= 0.6 is 0 Å². The van der Waals surface area contributed by atoms with Crippen molar-refractivity contribution in [3.8, 4) is 11.5 Å². The maximum atomic E-state index is 5.86. The summed E-state index contributed by atoms with van der Waals surface area (Å²) in [4.78, 5) is 2.34. The van der Waals surface area contributed by atoms with Gasteiger partial charge in [0.1, 0.15) is 6.61 Å². The summed E-state index contributed by atoms with van der Waals surface area (Å²) in [5.41, 5.74) is 1.22. The van der Waals surface area contributed by atoms with Crippen LogP contribution in [0.3, 0.4) is 0 Å². The van der Waals surface area contributed by atoms with Gasteiger partial charge < -0.3 is 19.7 Å². The molecule has 0 aliphatic heterocycles. The predicted molar refractivity (Wildman–Crippen MR) is 88.3 cm³/mol. The Balaban J connectivity index is 2.53. The number of hydrogen-bond donors (Lipinski definition) is 1. The first-order valence-electron chi connectivity index (χ1n) is 7.97. The normalized spacial score (nSPS) is 10.9. The summed E-state index contributed by atoms with van der Waals surface area (Å²) in [5.74, 6) is 1.63. The summed E-state index contributed by atoms with van der Waals surface area (Å²) in [5, 5.41) is 3.39. The van der Waals surface area contributed by atoms with E-state index in [1.54, 1.807) is 7.11 Å². The highest BCUT2D eigenvalue weighted by molar-refractivity contribution is 5.42. The third-order valence-corrected chi connectivity index (χ3v) is 3.54. The molecule has 0 spiro atoms. The van der Waals surface area contributed by atoms with E-state index >= 15 is 0 Å². The molecule has 0 aliphatic rings. The van der Waals surface area contributed by atoms with Gasteiger partial charge in [0, 0.05) is 13.1 Å². The Hall–Kier alpha value is -1.26. The number of nitrogens with zero attached hydrogens (tertiary/aromatic N) is 1. The van der Waals surface area contributed by atoms with Crippen molar-refractivity contribution in [1.82, 2.24) is 10.2 Å². The number of hydrogen-bond acceptors (Lipinski definition) is 4. The van der Waals surface area contributed by atoms with E-state index in [2.05, 4.69) is 43.1 Å². The number of likely N-dealkylation sites (N-methyl/N-ethyl adjacent to an activating group) is 1. The molecule has 0 amide bonds. The Morgan fingerprint density at radius 2 is 1.86 bits per heavy atom. The fourth-order valence-corrected chi connectivity index (χ4v) is 2.18. The van der Waals surface area contributed by atoms with Gasteiger partial charge in [-0.15, -0.1) is 0 Å². The summed E-state index contributed by atoms with van der Waals surface area (Å²) in [7, 11) is 1.69. The van der Waals surface area contributed by atoms with Gasteiger partial charge in [-0.05, 0) is 43.8 Å². The van der Waals surface area contributed by atoms with Gasteiger partial charge in [0.25, 0.3) is 0 Å². The molecule has 0 radical (unpaired) electrons. The fraction of sp³-hybridized carbons (Fsp3) is 0.647. The van der Waals surface area contributed by atoms with Crippen LogP contribution in [0.15, 0.2) is 18.2 Å². The molecule has 21 heavy (non-hydrogen) atoms. The standard InChI is InChI=1S/C17H30N2O2/c1-5-10-18-14-15-8-9-16(17(13-15)20-4)21-12-11-19(6-2)7-3/h8-9,13,18H,5-7,10-12,14H2,1-4H3. The lowest BCUT2D eigenvalue weighted by Gasteiger charge is -2.19. The van der Waals surface area contributed by atoms with Crippen LogP contribution in [-0.4, -0.2) is 44.8 Å². The van der Waals surface area contributed by atoms with Crippen LogP contribution in [-0.2, 0) is 6.54 Å². The van der Waals surface area contributed by atoms with E-state index in [-0.39, 0.29) is 0 Å². The molecular weight excluding hydrogens is 264 g/mol. The zero-order chi connectivity index (χ0) is 15.5. The molecule has 0 fully saturated rings. The molecule has 1 rings (SSSR count). The van der Waals surface area contributed by atoms with Gasteiger partial charge in [-0.3, -0.25) is 0 Å². The highest BCUT2D eigenvalue weighted by atomic mass is 16.5. The summed E-state index contributed by atoms with van der Waals surface area (Å²) in [6.07, 6.45) is 1.14. The maximum absolute atomic E-state index is 5.86. The van der Waals surface area contributed by atoms with Crippen LogP contribution in [0.1, 0.15) is 32.8 Å². The Labute approximate surface area is 129 Å². The summed E-state index contributed by atoms with van der Waals surface area (Å²) in [6, 6.07) is 6.15. The molecule has 0 aromatic heterocycles. The van der Waals surface area contributed by atoms with E-state index in [1.807, 2.05) is 6.07 Å².